The molecule has 0 aliphatic heterocycles. The first-order valence-corrected chi connectivity index (χ1v) is 8.45. The van der Waals surface area contributed by atoms with Crippen molar-refractivity contribution in [2.45, 2.75) is 33.8 Å². The molecule has 0 fully saturated rings. The molecule has 144 valence electrons. The number of carbonyl (C=O) groups excluding carboxylic acids is 2. The van der Waals surface area contributed by atoms with Crippen molar-refractivity contribution >= 4 is 18.1 Å². The minimum absolute atomic E-state index is 0.0148. The molecule has 1 aromatic heterocycles. The van der Waals surface area contributed by atoms with Gasteiger partial charge < -0.3 is 14.5 Å². The van der Waals surface area contributed by atoms with E-state index in [1.807, 2.05) is 0 Å². The van der Waals surface area contributed by atoms with Gasteiger partial charge in [0.1, 0.15) is 0 Å². The minimum Gasteiger partial charge on any atom is -0.478 e. The van der Waals surface area contributed by atoms with Crippen molar-refractivity contribution < 1.29 is 23.5 Å². The summed E-state index contributed by atoms with van der Waals surface area (Å²) in [5, 5.41) is 3.87. The molecular weight excluding hydrogens is 353 g/mol. The van der Waals surface area contributed by atoms with Crippen LogP contribution in [0.15, 0.2) is 29.4 Å². The van der Waals surface area contributed by atoms with Gasteiger partial charge in [-0.05, 0) is 45.4 Å². The van der Waals surface area contributed by atoms with E-state index in [-0.39, 0.29) is 12.4 Å². The lowest BCUT2D eigenvalue weighted by Gasteiger charge is -2.13. The van der Waals surface area contributed by atoms with Crippen molar-refractivity contribution in [3.63, 3.8) is 0 Å². The van der Waals surface area contributed by atoms with Crippen LogP contribution in [0.4, 0.5) is 4.39 Å². The van der Waals surface area contributed by atoms with Crippen LogP contribution in [0.5, 0.6) is 5.75 Å². The molecule has 8 heteroatoms. The maximum absolute atomic E-state index is 13.6. The fraction of sp³-hybridized carbons (Fsp3) is 0.316. The number of hydrogen-bond donors (Lipinski definition) is 2. The monoisotopic (exact) mass is 375 g/mol. The number of aromatic amines is 1. The summed E-state index contributed by atoms with van der Waals surface area (Å²) in [6.45, 7) is 7.00. The van der Waals surface area contributed by atoms with Gasteiger partial charge in [-0.1, -0.05) is 12.1 Å². The molecule has 2 N–H and O–H groups in total. The Morgan fingerprint density at radius 2 is 2.04 bits per heavy atom. The quantitative estimate of drug-likeness (QED) is 0.442. The number of amides is 1. The second-order valence-corrected chi connectivity index (χ2v) is 5.81. The number of nitrogens with zero attached hydrogens (tertiary/aromatic N) is 1. The van der Waals surface area contributed by atoms with Gasteiger partial charge in [0.05, 0.1) is 24.1 Å². The smallest absolute Gasteiger partial charge is 0.340 e. The standard InChI is InChI=1S/C19H22FN3O4/c1-5-26-19(25)17-11(2)15(22-12(17)3)10-21-23-18(24)13(4)27-16-9-7-6-8-14(16)20/h6-10,13,22H,5H2,1-4H3,(H,23,24)/b21-10+/t13-/m1/s1. The van der Waals surface area contributed by atoms with Gasteiger partial charge in [0.25, 0.3) is 5.91 Å². The SMILES string of the molecule is CCOC(=O)c1c(C)[nH]c(/C=N/NC(=O)[C@@H](C)Oc2ccccc2F)c1C. The Labute approximate surface area is 156 Å². The number of ether oxygens (including phenoxy) is 2. The molecular formula is C19H22FN3O4. The van der Waals surface area contributed by atoms with Crippen LogP contribution < -0.4 is 10.2 Å². The van der Waals surface area contributed by atoms with Crippen LogP contribution >= 0.6 is 0 Å². The highest BCUT2D eigenvalue weighted by Crippen LogP contribution is 2.18. The van der Waals surface area contributed by atoms with Gasteiger partial charge in [-0.2, -0.15) is 5.10 Å². The molecule has 1 atom stereocenters. The average molecular weight is 375 g/mol. The molecule has 1 heterocycles. The number of aromatic nitrogens is 1. The van der Waals surface area contributed by atoms with Crippen molar-refractivity contribution in [2.24, 2.45) is 5.10 Å². The molecule has 0 aliphatic carbocycles. The first-order valence-electron chi connectivity index (χ1n) is 8.45. The summed E-state index contributed by atoms with van der Waals surface area (Å²) in [6.07, 6.45) is 0.444. The van der Waals surface area contributed by atoms with Crippen molar-refractivity contribution in [3.05, 3.63) is 52.6 Å². The molecule has 7 nitrogen and oxygen atoms in total. The summed E-state index contributed by atoms with van der Waals surface area (Å²) in [4.78, 5) is 27.0. The number of para-hydroxylation sites is 1. The second-order valence-electron chi connectivity index (χ2n) is 5.81. The third-order valence-corrected chi connectivity index (χ3v) is 3.83. The minimum atomic E-state index is -0.944. The van der Waals surface area contributed by atoms with E-state index >= 15 is 0 Å². The Balaban J connectivity index is 2.00. The third kappa shape index (κ3) is 4.93. The highest BCUT2D eigenvalue weighted by Gasteiger charge is 2.19. The lowest BCUT2D eigenvalue weighted by Crippen LogP contribution is -2.33. The maximum atomic E-state index is 13.6. The second kappa shape index (κ2) is 8.98. The largest absolute Gasteiger partial charge is 0.478 e. The summed E-state index contributed by atoms with van der Waals surface area (Å²) in [6, 6.07) is 5.82. The van der Waals surface area contributed by atoms with Crippen molar-refractivity contribution in [2.75, 3.05) is 6.61 Å². The summed E-state index contributed by atoms with van der Waals surface area (Å²) in [7, 11) is 0. The van der Waals surface area contributed by atoms with Crippen molar-refractivity contribution in [3.8, 4) is 5.75 Å². The summed E-state index contributed by atoms with van der Waals surface area (Å²) >= 11 is 0. The van der Waals surface area contributed by atoms with E-state index in [0.717, 1.165) is 0 Å². The predicted molar refractivity (Wildman–Crippen MR) is 98.4 cm³/mol. The highest BCUT2D eigenvalue weighted by atomic mass is 19.1. The van der Waals surface area contributed by atoms with E-state index in [1.54, 1.807) is 26.8 Å². The molecule has 0 bridgehead atoms. The molecule has 0 saturated heterocycles. The summed E-state index contributed by atoms with van der Waals surface area (Å²) < 4.78 is 23.9. The number of nitrogens with one attached hydrogen (secondary N) is 2. The van der Waals surface area contributed by atoms with Gasteiger partial charge in [-0.3, -0.25) is 4.79 Å². The fourth-order valence-electron chi connectivity index (χ4n) is 2.45. The summed E-state index contributed by atoms with van der Waals surface area (Å²) in [5.41, 5.74) is 4.66. The Morgan fingerprint density at radius 1 is 1.33 bits per heavy atom. The Morgan fingerprint density at radius 3 is 2.70 bits per heavy atom. The molecule has 2 rings (SSSR count). The number of esters is 1. The average Bonchev–Trinajstić information content (AvgIpc) is 2.90. The van der Waals surface area contributed by atoms with Crippen LogP contribution in [0.3, 0.4) is 0 Å². The van der Waals surface area contributed by atoms with E-state index in [0.29, 0.717) is 22.5 Å². The van der Waals surface area contributed by atoms with Gasteiger partial charge in [0, 0.05) is 5.69 Å². The predicted octanol–water partition coefficient (Wildman–Crippen LogP) is 2.86. The van der Waals surface area contributed by atoms with E-state index in [2.05, 4.69) is 15.5 Å². The molecule has 27 heavy (non-hydrogen) atoms. The zero-order chi connectivity index (χ0) is 20.0. The van der Waals surface area contributed by atoms with Crippen molar-refractivity contribution in [1.29, 1.82) is 0 Å². The first-order chi connectivity index (χ1) is 12.8. The molecule has 2 aromatic rings. The van der Waals surface area contributed by atoms with E-state index in [4.69, 9.17) is 9.47 Å². The van der Waals surface area contributed by atoms with Crippen LogP contribution in [0, 0.1) is 19.7 Å². The lowest BCUT2D eigenvalue weighted by atomic mass is 10.1. The fourth-order valence-corrected chi connectivity index (χ4v) is 2.45. The lowest BCUT2D eigenvalue weighted by molar-refractivity contribution is -0.127. The summed E-state index contributed by atoms with van der Waals surface area (Å²) in [5.74, 6) is -1.52. The zero-order valence-corrected chi connectivity index (χ0v) is 15.6. The zero-order valence-electron chi connectivity index (χ0n) is 15.6. The van der Waals surface area contributed by atoms with Crippen LogP contribution in [-0.4, -0.2) is 35.8 Å². The maximum Gasteiger partial charge on any atom is 0.340 e. The van der Waals surface area contributed by atoms with E-state index in [9.17, 15) is 14.0 Å². The Bertz CT molecular complexity index is 861. The molecule has 0 aliphatic rings. The topological polar surface area (TPSA) is 92.8 Å². The van der Waals surface area contributed by atoms with Crippen LogP contribution in [0.25, 0.3) is 0 Å². The van der Waals surface area contributed by atoms with Crippen LogP contribution in [0.1, 0.15) is 41.2 Å². The number of H-pyrrole nitrogens is 1. The molecule has 0 saturated carbocycles. The van der Waals surface area contributed by atoms with Gasteiger partial charge in [-0.25, -0.2) is 14.6 Å². The van der Waals surface area contributed by atoms with Crippen LogP contribution in [0.2, 0.25) is 0 Å². The Kier molecular flexibility index (Phi) is 6.70. The number of hydrazone groups is 1. The van der Waals surface area contributed by atoms with E-state index < -0.39 is 23.8 Å². The number of benzene rings is 1. The van der Waals surface area contributed by atoms with Crippen molar-refractivity contribution in [1.82, 2.24) is 10.4 Å². The molecule has 0 spiro atoms. The number of aryl methyl sites for hydroxylation is 1. The number of carbonyl (C=O) groups is 2. The third-order valence-electron chi connectivity index (χ3n) is 3.83. The van der Waals surface area contributed by atoms with Gasteiger partial charge in [0.15, 0.2) is 17.7 Å². The van der Waals surface area contributed by atoms with Crippen LogP contribution in [-0.2, 0) is 9.53 Å². The highest BCUT2D eigenvalue weighted by molar-refractivity contribution is 5.96. The molecule has 0 unspecified atom stereocenters. The molecule has 1 aromatic carbocycles. The molecule has 1 amide bonds. The van der Waals surface area contributed by atoms with Gasteiger partial charge >= 0.3 is 5.97 Å². The molecule has 0 radical (unpaired) electrons. The number of hydrogen-bond acceptors (Lipinski definition) is 5. The van der Waals surface area contributed by atoms with Gasteiger partial charge in [-0.15, -0.1) is 0 Å². The normalized spacial score (nSPS) is 12.0. The number of rotatable bonds is 7. The van der Waals surface area contributed by atoms with Gasteiger partial charge in [0.2, 0.25) is 0 Å². The number of halogens is 1. The Hall–Kier alpha value is -3.16. The first kappa shape index (κ1) is 20.2. The van der Waals surface area contributed by atoms with E-state index in [1.165, 1.54) is 31.3 Å².